The van der Waals surface area contributed by atoms with E-state index in [2.05, 4.69) is 5.32 Å². The molecule has 1 aromatic rings. The van der Waals surface area contributed by atoms with E-state index < -0.39 is 31.2 Å². The Balaban J connectivity index is 2.64. The fourth-order valence-electron chi connectivity index (χ4n) is 1.90. The Labute approximate surface area is 127 Å². The average Bonchev–Trinajstić information content (AvgIpc) is 2.36. The van der Waals surface area contributed by atoms with E-state index >= 15 is 0 Å². The summed E-state index contributed by atoms with van der Waals surface area (Å²) < 4.78 is 41.3. The van der Waals surface area contributed by atoms with Crippen LogP contribution in [0.1, 0.15) is 25.8 Å². The molecule has 0 aromatic heterocycles. The lowest BCUT2D eigenvalue weighted by Crippen LogP contribution is -2.42. The van der Waals surface area contributed by atoms with Crippen molar-refractivity contribution in [1.82, 2.24) is 5.32 Å². The van der Waals surface area contributed by atoms with Gasteiger partial charge < -0.3 is 15.2 Å². The van der Waals surface area contributed by atoms with Crippen LogP contribution in [0.5, 0.6) is 5.75 Å². The van der Waals surface area contributed by atoms with Crippen molar-refractivity contribution in [1.29, 1.82) is 0 Å². The highest BCUT2D eigenvalue weighted by molar-refractivity contribution is 5.74. The van der Waals surface area contributed by atoms with Crippen LogP contribution < -0.4 is 10.1 Å². The Morgan fingerprint density at radius 1 is 1.36 bits per heavy atom. The molecular weight excluding hydrogens is 299 g/mol. The molecule has 0 aliphatic carbocycles. The molecule has 0 aliphatic rings. The summed E-state index contributed by atoms with van der Waals surface area (Å²) in [5, 5.41) is 12.1. The number of hydrogen-bond donors (Lipinski definition) is 2. The summed E-state index contributed by atoms with van der Waals surface area (Å²) in [6, 6.07) is 5.71. The number of rotatable bonds is 8. The van der Waals surface area contributed by atoms with Crippen molar-refractivity contribution in [2.75, 3.05) is 6.61 Å². The lowest BCUT2D eigenvalue weighted by atomic mass is 10.1. The van der Waals surface area contributed by atoms with Gasteiger partial charge in [0.1, 0.15) is 11.8 Å². The largest absolute Gasteiger partial charge is 0.493 e. The smallest absolute Gasteiger partial charge is 0.392 e. The molecule has 0 spiro atoms. The molecule has 0 saturated carbocycles. The first kappa shape index (κ1) is 18.3. The van der Waals surface area contributed by atoms with Crippen molar-refractivity contribution in [3.05, 3.63) is 29.8 Å². The summed E-state index contributed by atoms with van der Waals surface area (Å²) in [7, 11) is 0. The average molecular weight is 319 g/mol. The monoisotopic (exact) mass is 319 g/mol. The van der Waals surface area contributed by atoms with Crippen molar-refractivity contribution in [2.24, 2.45) is 0 Å². The first-order valence-corrected chi connectivity index (χ1v) is 6.94. The summed E-state index contributed by atoms with van der Waals surface area (Å²) in [6.07, 6.45) is -5.05. The van der Waals surface area contributed by atoms with Crippen LogP contribution in [-0.2, 0) is 11.2 Å². The maximum Gasteiger partial charge on any atom is 0.392 e. The summed E-state index contributed by atoms with van der Waals surface area (Å²) in [4.78, 5) is 11.2. The third-order valence-corrected chi connectivity index (χ3v) is 2.83. The molecule has 22 heavy (non-hydrogen) atoms. The fourth-order valence-corrected chi connectivity index (χ4v) is 1.90. The second kappa shape index (κ2) is 8.03. The van der Waals surface area contributed by atoms with Crippen molar-refractivity contribution in [2.45, 2.75) is 44.9 Å². The minimum atomic E-state index is -4.26. The number of aliphatic carboxylic acids is 1. The molecule has 0 radical (unpaired) electrons. The van der Waals surface area contributed by atoms with E-state index in [1.807, 2.05) is 13.8 Å². The van der Waals surface area contributed by atoms with Gasteiger partial charge in [0.2, 0.25) is 0 Å². The second-order valence-corrected chi connectivity index (χ2v) is 5.28. The number of alkyl halides is 3. The lowest BCUT2D eigenvalue weighted by molar-refractivity contribution is -0.140. The maximum atomic E-state index is 12.1. The summed E-state index contributed by atoms with van der Waals surface area (Å²) in [5.74, 6) is -0.674. The molecule has 1 atom stereocenters. The van der Waals surface area contributed by atoms with Crippen LogP contribution in [-0.4, -0.2) is 35.9 Å². The predicted octanol–water partition coefficient (Wildman–Crippen LogP) is 3.01. The SMILES string of the molecule is CC(C)NC(Cc1cccc(OCCC(F)(F)F)c1)C(=O)O. The molecule has 2 N–H and O–H groups in total. The zero-order valence-electron chi connectivity index (χ0n) is 12.5. The van der Waals surface area contributed by atoms with E-state index in [1.54, 1.807) is 24.3 Å². The highest BCUT2D eigenvalue weighted by Gasteiger charge is 2.26. The number of carboxylic acids is 1. The molecular formula is C15H20F3NO3. The van der Waals surface area contributed by atoms with E-state index in [4.69, 9.17) is 9.84 Å². The van der Waals surface area contributed by atoms with Gasteiger partial charge in [0, 0.05) is 6.04 Å². The van der Waals surface area contributed by atoms with Crippen LogP contribution in [0.25, 0.3) is 0 Å². The van der Waals surface area contributed by atoms with E-state index in [0.717, 1.165) is 0 Å². The van der Waals surface area contributed by atoms with Crippen LogP contribution in [0.15, 0.2) is 24.3 Å². The van der Waals surface area contributed by atoms with Gasteiger partial charge in [0.05, 0.1) is 13.0 Å². The van der Waals surface area contributed by atoms with E-state index in [-0.39, 0.29) is 12.5 Å². The van der Waals surface area contributed by atoms with Crippen LogP contribution in [0.3, 0.4) is 0 Å². The third kappa shape index (κ3) is 7.31. The maximum absolute atomic E-state index is 12.1. The van der Waals surface area contributed by atoms with Crippen molar-refractivity contribution in [3.8, 4) is 5.75 Å². The molecule has 1 unspecified atom stereocenters. The molecule has 0 fully saturated rings. The number of carbonyl (C=O) groups is 1. The molecule has 4 nitrogen and oxygen atoms in total. The van der Waals surface area contributed by atoms with Gasteiger partial charge in [-0.15, -0.1) is 0 Å². The molecule has 1 rings (SSSR count). The van der Waals surface area contributed by atoms with Crippen molar-refractivity contribution in [3.63, 3.8) is 0 Å². The Hall–Kier alpha value is -1.76. The van der Waals surface area contributed by atoms with E-state index in [1.165, 1.54) is 0 Å². The van der Waals surface area contributed by atoms with Crippen LogP contribution >= 0.6 is 0 Å². The van der Waals surface area contributed by atoms with Gasteiger partial charge in [-0.1, -0.05) is 26.0 Å². The van der Waals surface area contributed by atoms with Gasteiger partial charge in [-0.3, -0.25) is 4.79 Å². The highest BCUT2D eigenvalue weighted by atomic mass is 19.4. The van der Waals surface area contributed by atoms with Gasteiger partial charge in [0.15, 0.2) is 0 Å². The number of halogens is 3. The van der Waals surface area contributed by atoms with Crippen molar-refractivity contribution < 1.29 is 27.8 Å². The fraction of sp³-hybridized carbons (Fsp3) is 0.533. The van der Waals surface area contributed by atoms with Gasteiger partial charge >= 0.3 is 12.1 Å². The number of ether oxygens (including phenoxy) is 1. The molecule has 0 bridgehead atoms. The standard InChI is InChI=1S/C15H20F3NO3/c1-10(2)19-13(14(20)21)9-11-4-3-5-12(8-11)22-7-6-15(16,17)18/h3-5,8,10,13,19H,6-7,9H2,1-2H3,(H,20,21). The summed E-state index contributed by atoms with van der Waals surface area (Å²) in [6.45, 7) is 3.22. The quantitative estimate of drug-likeness (QED) is 0.773. The third-order valence-electron chi connectivity index (χ3n) is 2.83. The van der Waals surface area contributed by atoms with Gasteiger partial charge in [-0.2, -0.15) is 13.2 Å². The van der Waals surface area contributed by atoms with E-state index in [0.29, 0.717) is 11.3 Å². The van der Waals surface area contributed by atoms with Crippen LogP contribution in [0.4, 0.5) is 13.2 Å². The number of carboxylic acid groups (broad SMARTS) is 1. The minimum absolute atomic E-state index is 0.00678. The first-order valence-electron chi connectivity index (χ1n) is 6.94. The summed E-state index contributed by atoms with van der Waals surface area (Å²) >= 11 is 0. The first-order chi connectivity index (χ1) is 10.2. The normalized spacial score (nSPS) is 13.2. The second-order valence-electron chi connectivity index (χ2n) is 5.28. The lowest BCUT2D eigenvalue weighted by Gasteiger charge is -2.17. The van der Waals surface area contributed by atoms with Gasteiger partial charge in [-0.25, -0.2) is 0 Å². The number of nitrogens with one attached hydrogen (secondary N) is 1. The van der Waals surface area contributed by atoms with Crippen molar-refractivity contribution >= 4 is 5.97 Å². The Morgan fingerprint density at radius 2 is 2.05 bits per heavy atom. The highest BCUT2D eigenvalue weighted by Crippen LogP contribution is 2.21. The molecule has 1 aromatic carbocycles. The molecule has 124 valence electrons. The predicted molar refractivity (Wildman–Crippen MR) is 76.0 cm³/mol. The van der Waals surface area contributed by atoms with Gasteiger partial charge in [-0.05, 0) is 24.1 Å². The number of benzene rings is 1. The summed E-state index contributed by atoms with van der Waals surface area (Å²) in [5.41, 5.74) is 0.685. The molecule has 0 amide bonds. The zero-order chi connectivity index (χ0) is 16.8. The zero-order valence-corrected chi connectivity index (χ0v) is 12.5. The van der Waals surface area contributed by atoms with Gasteiger partial charge in [0.25, 0.3) is 0 Å². The van der Waals surface area contributed by atoms with Crippen LogP contribution in [0.2, 0.25) is 0 Å². The van der Waals surface area contributed by atoms with Crippen LogP contribution in [0, 0.1) is 0 Å². The Bertz CT molecular complexity index is 489. The Morgan fingerprint density at radius 3 is 2.59 bits per heavy atom. The molecule has 0 heterocycles. The molecule has 7 heteroatoms. The Kier molecular flexibility index (Phi) is 6.67. The molecule has 0 aliphatic heterocycles. The van der Waals surface area contributed by atoms with E-state index in [9.17, 15) is 18.0 Å². The minimum Gasteiger partial charge on any atom is -0.493 e. The topological polar surface area (TPSA) is 58.6 Å². The molecule has 0 saturated heterocycles. The number of hydrogen-bond acceptors (Lipinski definition) is 3.